The van der Waals surface area contributed by atoms with Crippen molar-refractivity contribution in [3.63, 3.8) is 0 Å². The number of aromatic amines is 1. The largest absolute Gasteiger partial charge is 0.379 e. The molecule has 2 heterocycles. The van der Waals surface area contributed by atoms with E-state index in [9.17, 15) is 9.59 Å². The minimum Gasteiger partial charge on any atom is -0.379 e. The summed E-state index contributed by atoms with van der Waals surface area (Å²) in [5.41, 5.74) is -0.389. The maximum atomic E-state index is 11.5. The summed E-state index contributed by atoms with van der Waals surface area (Å²) in [4.78, 5) is 24.6. The van der Waals surface area contributed by atoms with Gasteiger partial charge in [-0.1, -0.05) is 0 Å². The fourth-order valence-corrected chi connectivity index (χ4v) is 1.82. The Morgan fingerprint density at radius 2 is 2.22 bits per heavy atom. The molecule has 1 aromatic rings. The van der Waals surface area contributed by atoms with Crippen LogP contribution in [-0.4, -0.2) is 55.4 Å². The molecule has 1 fully saturated rings. The molecule has 7 heteroatoms. The number of aromatic nitrogens is 1. The monoisotopic (exact) mass is 255 g/mol. The number of rotatable bonds is 5. The van der Waals surface area contributed by atoms with Gasteiger partial charge < -0.3 is 14.6 Å². The summed E-state index contributed by atoms with van der Waals surface area (Å²) < 4.78 is 9.67. The zero-order valence-electron chi connectivity index (χ0n) is 10.1. The van der Waals surface area contributed by atoms with Crippen molar-refractivity contribution in [1.82, 2.24) is 15.4 Å². The Kier molecular flexibility index (Phi) is 4.54. The highest BCUT2D eigenvalue weighted by Gasteiger charge is 2.11. The molecular weight excluding hydrogens is 238 g/mol. The van der Waals surface area contributed by atoms with Crippen LogP contribution in [0.1, 0.15) is 16.9 Å². The maximum absolute atomic E-state index is 11.5. The highest BCUT2D eigenvalue weighted by molar-refractivity contribution is 5.91. The van der Waals surface area contributed by atoms with Crippen molar-refractivity contribution in [2.45, 2.75) is 6.42 Å². The van der Waals surface area contributed by atoms with Crippen molar-refractivity contribution in [2.24, 2.45) is 0 Å². The van der Waals surface area contributed by atoms with Crippen LogP contribution in [0.3, 0.4) is 0 Å². The molecule has 1 saturated heterocycles. The molecule has 18 heavy (non-hydrogen) atoms. The SMILES string of the molecule is O=C(NCCCN1CCOCC1)c1cc(=O)o[nH]1. The normalized spacial score (nSPS) is 16.7. The molecule has 0 bridgehead atoms. The van der Waals surface area contributed by atoms with Gasteiger partial charge in [0.25, 0.3) is 5.91 Å². The summed E-state index contributed by atoms with van der Waals surface area (Å²) in [5, 5.41) is 4.99. The molecule has 1 aliphatic rings. The fourth-order valence-electron chi connectivity index (χ4n) is 1.82. The molecule has 1 aromatic heterocycles. The molecule has 0 aliphatic carbocycles. The lowest BCUT2D eigenvalue weighted by atomic mass is 10.3. The van der Waals surface area contributed by atoms with Gasteiger partial charge >= 0.3 is 5.63 Å². The van der Waals surface area contributed by atoms with Gasteiger partial charge in [-0.2, -0.15) is 0 Å². The van der Waals surface area contributed by atoms with Crippen LogP contribution < -0.4 is 10.9 Å². The standard InChI is InChI=1S/C11H17N3O4/c15-10-8-9(13-18-10)11(16)12-2-1-3-14-4-6-17-7-5-14/h8,13H,1-7H2,(H,12,16). The first-order valence-electron chi connectivity index (χ1n) is 6.02. The number of carbonyl (C=O) groups is 1. The van der Waals surface area contributed by atoms with Crippen LogP contribution in [0.15, 0.2) is 15.4 Å². The Morgan fingerprint density at radius 3 is 2.89 bits per heavy atom. The highest BCUT2D eigenvalue weighted by Crippen LogP contribution is 1.97. The quantitative estimate of drug-likeness (QED) is 0.687. The average Bonchev–Trinajstić information content (AvgIpc) is 2.82. The lowest BCUT2D eigenvalue weighted by Crippen LogP contribution is -2.38. The third kappa shape index (κ3) is 3.71. The number of nitrogens with zero attached hydrogens (tertiary/aromatic N) is 1. The van der Waals surface area contributed by atoms with E-state index < -0.39 is 5.63 Å². The number of carbonyl (C=O) groups excluding carboxylic acids is 1. The van der Waals surface area contributed by atoms with Crippen LogP contribution in [0.2, 0.25) is 0 Å². The van der Waals surface area contributed by atoms with Crippen molar-refractivity contribution in [1.29, 1.82) is 0 Å². The molecule has 0 atom stereocenters. The number of hydrogen-bond acceptors (Lipinski definition) is 5. The number of hydrogen-bond donors (Lipinski definition) is 2. The minimum absolute atomic E-state index is 0.159. The van der Waals surface area contributed by atoms with E-state index >= 15 is 0 Å². The topological polar surface area (TPSA) is 87.6 Å². The van der Waals surface area contributed by atoms with E-state index in [0.29, 0.717) is 6.54 Å². The van der Waals surface area contributed by atoms with Gasteiger partial charge in [0.05, 0.1) is 19.3 Å². The van der Waals surface area contributed by atoms with Gasteiger partial charge in [0.15, 0.2) is 0 Å². The van der Waals surface area contributed by atoms with Gasteiger partial charge in [0.1, 0.15) is 5.69 Å². The molecule has 100 valence electrons. The van der Waals surface area contributed by atoms with Crippen molar-refractivity contribution in [2.75, 3.05) is 39.4 Å². The molecule has 2 rings (SSSR count). The number of nitrogens with one attached hydrogen (secondary N) is 2. The molecule has 2 N–H and O–H groups in total. The predicted octanol–water partition coefficient (Wildman–Crippen LogP) is -0.580. The van der Waals surface area contributed by atoms with Crippen LogP contribution in [0.5, 0.6) is 0 Å². The predicted molar refractivity (Wildman–Crippen MR) is 63.5 cm³/mol. The van der Waals surface area contributed by atoms with Gasteiger partial charge in [0.2, 0.25) is 0 Å². The Morgan fingerprint density at radius 1 is 1.44 bits per heavy atom. The van der Waals surface area contributed by atoms with Gasteiger partial charge in [0, 0.05) is 19.6 Å². The Balaban J connectivity index is 1.63. The second-order valence-electron chi connectivity index (χ2n) is 4.14. The number of H-pyrrole nitrogens is 1. The van der Waals surface area contributed by atoms with Crippen molar-refractivity contribution >= 4 is 5.91 Å². The summed E-state index contributed by atoms with van der Waals surface area (Å²) >= 11 is 0. The Bertz CT molecular complexity index is 433. The summed E-state index contributed by atoms with van der Waals surface area (Å²) in [6, 6.07) is 1.14. The van der Waals surface area contributed by atoms with Crippen molar-refractivity contribution < 1.29 is 14.1 Å². The lowest BCUT2D eigenvalue weighted by molar-refractivity contribution is 0.0374. The average molecular weight is 255 g/mol. The summed E-state index contributed by atoms with van der Waals surface area (Å²) in [6.07, 6.45) is 0.869. The van der Waals surface area contributed by atoms with Crippen LogP contribution in [-0.2, 0) is 4.74 Å². The second-order valence-corrected chi connectivity index (χ2v) is 4.14. The van der Waals surface area contributed by atoms with E-state index in [1.165, 1.54) is 0 Å². The van der Waals surface area contributed by atoms with Crippen LogP contribution in [0.4, 0.5) is 0 Å². The molecule has 0 aromatic carbocycles. The Hall–Kier alpha value is -1.60. The molecule has 1 amide bonds. The van der Waals surface area contributed by atoms with Crippen molar-refractivity contribution in [3.8, 4) is 0 Å². The molecule has 0 unspecified atom stereocenters. The molecular formula is C11H17N3O4. The van der Waals surface area contributed by atoms with E-state index in [4.69, 9.17) is 4.74 Å². The zero-order valence-corrected chi connectivity index (χ0v) is 10.1. The number of ether oxygens (including phenoxy) is 1. The molecule has 0 radical (unpaired) electrons. The van der Waals surface area contributed by atoms with Crippen molar-refractivity contribution in [3.05, 3.63) is 22.2 Å². The van der Waals surface area contributed by atoms with Crippen LogP contribution in [0.25, 0.3) is 0 Å². The lowest BCUT2D eigenvalue weighted by Gasteiger charge is -2.26. The molecule has 1 aliphatic heterocycles. The smallest absolute Gasteiger partial charge is 0.358 e. The van der Waals surface area contributed by atoms with Gasteiger partial charge in [-0.05, 0) is 13.0 Å². The summed E-state index contributed by atoms with van der Waals surface area (Å²) in [5.74, 6) is -0.317. The van der Waals surface area contributed by atoms with Gasteiger partial charge in [-0.15, -0.1) is 0 Å². The van der Waals surface area contributed by atoms with E-state index in [1.54, 1.807) is 0 Å². The second kappa shape index (κ2) is 6.36. The number of amides is 1. The van der Waals surface area contributed by atoms with E-state index in [2.05, 4.69) is 19.9 Å². The first-order chi connectivity index (χ1) is 8.75. The van der Waals surface area contributed by atoms with E-state index in [-0.39, 0.29) is 11.6 Å². The molecule has 7 nitrogen and oxygen atoms in total. The first-order valence-corrected chi connectivity index (χ1v) is 6.02. The van der Waals surface area contributed by atoms with Crippen LogP contribution in [0, 0.1) is 0 Å². The highest BCUT2D eigenvalue weighted by atomic mass is 16.5. The van der Waals surface area contributed by atoms with E-state index in [0.717, 1.165) is 45.3 Å². The minimum atomic E-state index is -0.548. The first kappa shape index (κ1) is 12.8. The zero-order chi connectivity index (χ0) is 12.8. The third-order valence-corrected chi connectivity index (χ3v) is 2.81. The third-order valence-electron chi connectivity index (χ3n) is 2.81. The fraction of sp³-hybridized carbons (Fsp3) is 0.636. The van der Waals surface area contributed by atoms with Gasteiger partial charge in [-0.25, -0.2) is 9.95 Å². The summed E-state index contributed by atoms with van der Waals surface area (Å²) in [7, 11) is 0. The number of morpholine rings is 1. The summed E-state index contributed by atoms with van der Waals surface area (Å²) in [6.45, 7) is 4.96. The van der Waals surface area contributed by atoms with E-state index in [1.807, 2.05) is 0 Å². The van der Waals surface area contributed by atoms with Gasteiger partial charge in [-0.3, -0.25) is 9.69 Å². The molecule has 0 saturated carbocycles. The maximum Gasteiger partial charge on any atom is 0.358 e. The molecule has 0 spiro atoms. The Labute approximate surface area is 104 Å². The van der Waals surface area contributed by atoms with Crippen LogP contribution >= 0.6 is 0 Å².